The fourth-order valence-corrected chi connectivity index (χ4v) is 4.43. The molecule has 0 amide bonds. The highest BCUT2D eigenvalue weighted by atomic mass is 16.5. The number of oxazole rings is 1. The summed E-state index contributed by atoms with van der Waals surface area (Å²) in [7, 11) is 1.67. The van der Waals surface area contributed by atoms with Crippen molar-refractivity contribution < 1.29 is 18.4 Å². The molecule has 1 aliphatic carbocycles. The van der Waals surface area contributed by atoms with Crippen LogP contribution in [0.2, 0.25) is 0 Å². The van der Waals surface area contributed by atoms with Gasteiger partial charge in [0, 0.05) is 17.5 Å². The normalized spacial score (nSPS) is 14.3. The van der Waals surface area contributed by atoms with Crippen LogP contribution in [0.1, 0.15) is 60.1 Å². The van der Waals surface area contributed by atoms with Crippen LogP contribution in [0.15, 0.2) is 57.7 Å². The summed E-state index contributed by atoms with van der Waals surface area (Å²) in [6, 6.07) is 13.8. The zero-order valence-electron chi connectivity index (χ0n) is 20.8. The summed E-state index contributed by atoms with van der Waals surface area (Å²) in [5.41, 5.74) is 3.56. The summed E-state index contributed by atoms with van der Waals surface area (Å²) < 4.78 is 22.9. The van der Waals surface area contributed by atoms with E-state index in [1.807, 2.05) is 49.4 Å². The standard InChI is InChI=1S/C29H29N3O4/c1-19-18-34-28(30-19)17-23(12-11-21-7-6-8-24(15-21)29-31-20(2)32-36-29)22-13-14-26(33-3)27(16-22)35-25-9-4-5-10-25/h6-8,13-16,18,23,25H,4-5,9-10,17H2,1-3H3/t23-/m0/s1. The van der Waals surface area contributed by atoms with Crippen molar-refractivity contribution in [3.05, 3.63) is 77.3 Å². The number of hydrogen-bond donors (Lipinski definition) is 0. The van der Waals surface area contributed by atoms with Gasteiger partial charge in [-0.2, -0.15) is 4.98 Å². The molecule has 1 fully saturated rings. The van der Waals surface area contributed by atoms with E-state index in [1.165, 1.54) is 12.8 Å². The van der Waals surface area contributed by atoms with Crippen LogP contribution in [0, 0.1) is 25.7 Å². The van der Waals surface area contributed by atoms with E-state index in [2.05, 4.69) is 27.0 Å². The Labute approximate surface area is 210 Å². The predicted octanol–water partition coefficient (Wildman–Crippen LogP) is 6.05. The van der Waals surface area contributed by atoms with Gasteiger partial charge in [0.15, 0.2) is 23.2 Å². The van der Waals surface area contributed by atoms with Gasteiger partial charge >= 0.3 is 0 Å². The number of nitrogens with zero attached hydrogens (tertiary/aromatic N) is 3. The minimum atomic E-state index is -0.158. The third-order valence-electron chi connectivity index (χ3n) is 6.26. The molecule has 2 heterocycles. The first-order valence-electron chi connectivity index (χ1n) is 12.3. The van der Waals surface area contributed by atoms with Crippen LogP contribution in [0.4, 0.5) is 0 Å². The molecular weight excluding hydrogens is 454 g/mol. The summed E-state index contributed by atoms with van der Waals surface area (Å²) in [5.74, 6) is 9.82. The molecule has 184 valence electrons. The molecule has 0 N–H and O–H groups in total. The Morgan fingerprint density at radius 2 is 1.92 bits per heavy atom. The maximum atomic E-state index is 6.34. The molecule has 7 heteroatoms. The van der Waals surface area contributed by atoms with Crippen LogP contribution >= 0.6 is 0 Å². The van der Waals surface area contributed by atoms with Crippen molar-refractivity contribution >= 4 is 0 Å². The van der Waals surface area contributed by atoms with Gasteiger partial charge in [0.25, 0.3) is 5.89 Å². The molecule has 1 saturated carbocycles. The second kappa shape index (κ2) is 10.7. The molecule has 4 aromatic rings. The number of aromatic nitrogens is 3. The van der Waals surface area contributed by atoms with E-state index >= 15 is 0 Å². The predicted molar refractivity (Wildman–Crippen MR) is 135 cm³/mol. The Balaban J connectivity index is 1.47. The number of methoxy groups -OCH3 is 1. The van der Waals surface area contributed by atoms with Gasteiger partial charge in [-0.15, -0.1) is 0 Å². The smallest absolute Gasteiger partial charge is 0.257 e. The Morgan fingerprint density at radius 3 is 2.64 bits per heavy atom. The van der Waals surface area contributed by atoms with Crippen LogP contribution in [-0.2, 0) is 6.42 Å². The fraction of sp³-hybridized carbons (Fsp3) is 0.345. The topological polar surface area (TPSA) is 83.4 Å². The summed E-state index contributed by atoms with van der Waals surface area (Å²) in [6.45, 7) is 3.71. The maximum Gasteiger partial charge on any atom is 0.257 e. The quantitative estimate of drug-likeness (QED) is 0.296. The van der Waals surface area contributed by atoms with E-state index in [9.17, 15) is 0 Å². The van der Waals surface area contributed by atoms with Crippen LogP contribution < -0.4 is 9.47 Å². The van der Waals surface area contributed by atoms with Crippen molar-refractivity contribution in [1.82, 2.24) is 15.1 Å². The average Bonchev–Trinajstić information content (AvgIpc) is 3.65. The van der Waals surface area contributed by atoms with Crippen molar-refractivity contribution in [2.45, 2.75) is 58.0 Å². The third-order valence-corrected chi connectivity index (χ3v) is 6.26. The summed E-state index contributed by atoms with van der Waals surface area (Å²) in [5, 5.41) is 3.88. The SMILES string of the molecule is COc1ccc([C@@H](C#Cc2cccc(-c3nc(C)no3)c2)Cc2nc(C)co2)cc1OC1CCCC1. The van der Waals surface area contributed by atoms with E-state index in [1.54, 1.807) is 20.3 Å². The van der Waals surface area contributed by atoms with E-state index in [0.29, 0.717) is 24.0 Å². The van der Waals surface area contributed by atoms with Gasteiger partial charge in [-0.05, 0) is 75.4 Å². The summed E-state index contributed by atoms with van der Waals surface area (Å²) >= 11 is 0. The first-order chi connectivity index (χ1) is 17.6. The highest BCUT2D eigenvalue weighted by Gasteiger charge is 2.21. The number of benzene rings is 2. The minimum absolute atomic E-state index is 0.158. The second-order valence-corrected chi connectivity index (χ2v) is 9.07. The number of rotatable bonds is 7. The van der Waals surface area contributed by atoms with Gasteiger partial charge in [0.2, 0.25) is 0 Å². The zero-order valence-corrected chi connectivity index (χ0v) is 20.8. The molecule has 0 spiro atoms. The van der Waals surface area contributed by atoms with E-state index in [0.717, 1.165) is 46.7 Å². The molecule has 0 saturated heterocycles. The molecule has 5 rings (SSSR count). The third kappa shape index (κ3) is 5.60. The molecule has 1 aliphatic rings. The van der Waals surface area contributed by atoms with Crippen molar-refractivity contribution in [1.29, 1.82) is 0 Å². The van der Waals surface area contributed by atoms with Gasteiger partial charge in [0.05, 0.1) is 24.8 Å². The molecule has 0 aliphatic heterocycles. The van der Waals surface area contributed by atoms with E-state index in [4.69, 9.17) is 18.4 Å². The molecule has 1 atom stereocenters. The lowest BCUT2D eigenvalue weighted by Crippen LogP contribution is -2.12. The lowest BCUT2D eigenvalue weighted by atomic mass is 9.95. The van der Waals surface area contributed by atoms with Crippen LogP contribution in [0.5, 0.6) is 11.5 Å². The molecular formula is C29H29N3O4. The molecule has 0 unspecified atom stereocenters. The number of ether oxygens (including phenoxy) is 2. The van der Waals surface area contributed by atoms with Crippen molar-refractivity contribution in [2.24, 2.45) is 0 Å². The summed E-state index contributed by atoms with van der Waals surface area (Å²) in [6.07, 6.45) is 6.98. The minimum Gasteiger partial charge on any atom is -0.493 e. The molecule has 2 aromatic carbocycles. The molecule has 0 radical (unpaired) electrons. The van der Waals surface area contributed by atoms with Crippen LogP contribution in [0.25, 0.3) is 11.5 Å². The first-order valence-corrected chi connectivity index (χ1v) is 12.3. The lowest BCUT2D eigenvalue weighted by Gasteiger charge is -2.18. The summed E-state index contributed by atoms with van der Waals surface area (Å²) in [4.78, 5) is 8.83. The van der Waals surface area contributed by atoms with Gasteiger partial charge < -0.3 is 18.4 Å². The monoisotopic (exact) mass is 483 g/mol. The highest BCUT2D eigenvalue weighted by molar-refractivity contribution is 5.57. The van der Waals surface area contributed by atoms with E-state index in [-0.39, 0.29) is 12.0 Å². The molecule has 36 heavy (non-hydrogen) atoms. The zero-order chi connectivity index (χ0) is 24.9. The van der Waals surface area contributed by atoms with E-state index < -0.39 is 0 Å². The number of aryl methyl sites for hydroxylation is 2. The van der Waals surface area contributed by atoms with Crippen molar-refractivity contribution in [3.63, 3.8) is 0 Å². The largest absolute Gasteiger partial charge is 0.493 e. The van der Waals surface area contributed by atoms with Crippen molar-refractivity contribution in [2.75, 3.05) is 7.11 Å². The van der Waals surface area contributed by atoms with Crippen LogP contribution in [0.3, 0.4) is 0 Å². The maximum absolute atomic E-state index is 6.34. The van der Waals surface area contributed by atoms with Crippen molar-refractivity contribution in [3.8, 4) is 34.8 Å². The second-order valence-electron chi connectivity index (χ2n) is 9.07. The first kappa shape index (κ1) is 23.7. The van der Waals surface area contributed by atoms with Gasteiger partial charge in [0.1, 0.15) is 6.26 Å². The fourth-order valence-electron chi connectivity index (χ4n) is 4.43. The lowest BCUT2D eigenvalue weighted by molar-refractivity contribution is 0.200. The van der Waals surface area contributed by atoms with Gasteiger partial charge in [-0.1, -0.05) is 29.1 Å². The Bertz CT molecular complexity index is 1390. The van der Waals surface area contributed by atoms with Gasteiger partial charge in [-0.3, -0.25) is 0 Å². The average molecular weight is 484 g/mol. The molecule has 2 aromatic heterocycles. The Morgan fingerprint density at radius 1 is 1.06 bits per heavy atom. The molecule has 7 nitrogen and oxygen atoms in total. The molecule has 0 bridgehead atoms. The van der Waals surface area contributed by atoms with Crippen LogP contribution in [-0.4, -0.2) is 28.3 Å². The Kier molecular flexibility index (Phi) is 7.03. The highest BCUT2D eigenvalue weighted by Crippen LogP contribution is 2.35. The van der Waals surface area contributed by atoms with Gasteiger partial charge in [-0.25, -0.2) is 4.98 Å². The number of hydrogen-bond acceptors (Lipinski definition) is 7. The Hall–Kier alpha value is -4.05.